The van der Waals surface area contributed by atoms with Gasteiger partial charge in [-0.1, -0.05) is 12.7 Å². The molecule has 2 aliphatic heterocycles. The minimum absolute atomic E-state index is 0.864. The van der Waals surface area contributed by atoms with Gasteiger partial charge in [-0.15, -0.1) is 0 Å². The van der Waals surface area contributed by atoms with Gasteiger partial charge in [0.05, 0.1) is 18.5 Å². The fourth-order valence-corrected chi connectivity index (χ4v) is 3.87. The van der Waals surface area contributed by atoms with Crippen molar-refractivity contribution >= 4 is 33.6 Å². The van der Waals surface area contributed by atoms with Crippen molar-refractivity contribution < 1.29 is 4.42 Å². The second kappa shape index (κ2) is 4.28. The van der Waals surface area contributed by atoms with Crippen LogP contribution >= 0.6 is 11.8 Å². The molecule has 2 aliphatic rings. The molecule has 1 aromatic carbocycles. The van der Waals surface area contributed by atoms with Crippen LogP contribution in [0.3, 0.4) is 0 Å². The van der Waals surface area contributed by atoms with Crippen LogP contribution in [-0.4, -0.2) is 23.2 Å². The van der Waals surface area contributed by atoms with Crippen LogP contribution < -0.4 is 0 Å². The van der Waals surface area contributed by atoms with Gasteiger partial charge in [0.15, 0.2) is 5.17 Å². The third kappa shape index (κ3) is 1.58. The number of benzene rings is 1. The molecular formula is C16H14N2OS. The van der Waals surface area contributed by atoms with Gasteiger partial charge >= 0.3 is 0 Å². The number of thioether (sulfide) groups is 1. The number of hydrogen-bond donors (Lipinski definition) is 0. The van der Waals surface area contributed by atoms with E-state index in [2.05, 4.69) is 35.5 Å². The van der Waals surface area contributed by atoms with Gasteiger partial charge in [0.2, 0.25) is 0 Å². The Morgan fingerprint density at radius 3 is 3.20 bits per heavy atom. The first-order chi connectivity index (χ1) is 9.78. The number of aryl methyl sites for hydroxylation is 1. The van der Waals surface area contributed by atoms with Gasteiger partial charge in [-0.05, 0) is 42.4 Å². The van der Waals surface area contributed by atoms with Gasteiger partial charge in [0, 0.05) is 22.4 Å². The summed E-state index contributed by atoms with van der Waals surface area (Å²) in [6.07, 6.45) is 3.67. The van der Waals surface area contributed by atoms with Crippen molar-refractivity contribution in [2.45, 2.75) is 6.92 Å². The monoisotopic (exact) mass is 282 g/mol. The molecule has 0 saturated heterocycles. The van der Waals surface area contributed by atoms with E-state index < -0.39 is 0 Å². The van der Waals surface area contributed by atoms with Gasteiger partial charge in [0.25, 0.3) is 0 Å². The molecular weight excluding hydrogens is 268 g/mol. The van der Waals surface area contributed by atoms with Crippen LogP contribution in [0.5, 0.6) is 0 Å². The zero-order valence-corrected chi connectivity index (χ0v) is 12.0. The molecule has 1 aromatic heterocycles. The predicted molar refractivity (Wildman–Crippen MR) is 84.7 cm³/mol. The normalized spacial score (nSPS) is 17.9. The Bertz CT molecular complexity index is 785. The second-order valence-corrected chi connectivity index (χ2v) is 6.00. The molecule has 0 fully saturated rings. The van der Waals surface area contributed by atoms with Crippen molar-refractivity contribution in [2.75, 3.05) is 13.1 Å². The van der Waals surface area contributed by atoms with Gasteiger partial charge in [0.1, 0.15) is 5.58 Å². The summed E-state index contributed by atoms with van der Waals surface area (Å²) in [4.78, 5) is 7.98. The molecule has 0 radical (unpaired) electrons. The molecule has 0 spiro atoms. The number of rotatable bonds is 2. The molecule has 0 N–H and O–H groups in total. The van der Waals surface area contributed by atoms with E-state index in [0.717, 1.165) is 39.7 Å². The number of nitrogens with zero attached hydrogens (tertiary/aromatic N) is 2. The molecule has 0 atom stereocenters. The van der Waals surface area contributed by atoms with Gasteiger partial charge in [-0.25, -0.2) is 0 Å². The molecule has 0 amide bonds. The Kier molecular flexibility index (Phi) is 2.54. The second-order valence-electron chi connectivity index (χ2n) is 4.99. The lowest BCUT2D eigenvalue weighted by Crippen LogP contribution is -2.20. The van der Waals surface area contributed by atoms with E-state index in [1.165, 1.54) is 11.3 Å². The Labute approximate surface area is 121 Å². The van der Waals surface area contributed by atoms with Crippen molar-refractivity contribution in [3.8, 4) is 0 Å². The fraction of sp³-hybridized carbons (Fsp3) is 0.188. The minimum Gasteiger partial charge on any atom is -0.464 e. The highest BCUT2D eigenvalue weighted by molar-refractivity contribution is 8.17. The Morgan fingerprint density at radius 2 is 2.35 bits per heavy atom. The van der Waals surface area contributed by atoms with Crippen LogP contribution in [0.2, 0.25) is 0 Å². The molecule has 0 saturated carbocycles. The summed E-state index contributed by atoms with van der Waals surface area (Å²) in [5, 5.41) is 2.22. The minimum atomic E-state index is 0.864. The quantitative estimate of drug-likeness (QED) is 0.833. The van der Waals surface area contributed by atoms with Crippen LogP contribution in [0.15, 0.2) is 51.4 Å². The van der Waals surface area contributed by atoms with E-state index >= 15 is 0 Å². The molecule has 2 aromatic rings. The zero-order chi connectivity index (χ0) is 13.7. The van der Waals surface area contributed by atoms with Gasteiger partial charge in [-0.2, -0.15) is 0 Å². The predicted octanol–water partition coefficient (Wildman–Crippen LogP) is 4.01. The van der Waals surface area contributed by atoms with E-state index in [-0.39, 0.29) is 0 Å². The maximum atomic E-state index is 5.71. The largest absolute Gasteiger partial charge is 0.464 e. The van der Waals surface area contributed by atoms with Crippen LogP contribution in [0.25, 0.3) is 16.7 Å². The molecule has 4 rings (SSSR count). The van der Waals surface area contributed by atoms with Crippen molar-refractivity contribution in [3.05, 3.63) is 53.1 Å². The lowest BCUT2D eigenvalue weighted by molar-refractivity contribution is 0.608. The standard InChI is InChI=1S/C16H14N2OS/c1-3-13-14(18-6-5-17-16(18)20-13)12-9-10(2)8-11-4-7-19-15(11)12/h3-4,7-9H,1,5-6H2,2H3. The molecule has 0 aliphatic carbocycles. The summed E-state index contributed by atoms with van der Waals surface area (Å²) >= 11 is 1.70. The summed E-state index contributed by atoms with van der Waals surface area (Å²) < 4.78 is 5.71. The van der Waals surface area contributed by atoms with E-state index in [1.54, 1.807) is 18.0 Å². The first-order valence-electron chi connectivity index (χ1n) is 6.62. The topological polar surface area (TPSA) is 28.7 Å². The molecule has 4 heteroatoms. The highest BCUT2D eigenvalue weighted by Gasteiger charge is 2.33. The Hall–Kier alpha value is -1.94. The summed E-state index contributed by atoms with van der Waals surface area (Å²) in [6.45, 7) is 7.86. The summed E-state index contributed by atoms with van der Waals surface area (Å²) in [5.41, 5.74) is 4.50. The van der Waals surface area contributed by atoms with Crippen LogP contribution in [0.4, 0.5) is 0 Å². The first-order valence-corrected chi connectivity index (χ1v) is 7.44. The average Bonchev–Trinajstić information content (AvgIpc) is 3.11. The molecule has 100 valence electrons. The lowest BCUT2D eigenvalue weighted by Gasteiger charge is -2.17. The van der Waals surface area contributed by atoms with Gasteiger partial charge < -0.3 is 9.32 Å². The summed E-state index contributed by atoms with van der Waals surface area (Å²) in [6, 6.07) is 6.35. The molecule has 0 unspecified atom stereocenters. The molecule has 3 nitrogen and oxygen atoms in total. The molecule has 3 heterocycles. The third-order valence-corrected chi connectivity index (χ3v) is 4.75. The van der Waals surface area contributed by atoms with E-state index in [0.29, 0.717) is 0 Å². The number of fused-ring (bicyclic) bond motifs is 2. The van der Waals surface area contributed by atoms with Crippen LogP contribution in [-0.2, 0) is 0 Å². The van der Waals surface area contributed by atoms with E-state index in [9.17, 15) is 0 Å². The van der Waals surface area contributed by atoms with Gasteiger partial charge in [-0.3, -0.25) is 4.99 Å². The zero-order valence-electron chi connectivity index (χ0n) is 11.2. The Morgan fingerprint density at radius 1 is 1.45 bits per heavy atom. The molecule has 0 bridgehead atoms. The van der Waals surface area contributed by atoms with Crippen molar-refractivity contribution in [1.82, 2.24) is 4.90 Å². The van der Waals surface area contributed by atoms with Crippen LogP contribution in [0, 0.1) is 6.92 Å². The summed E-state index contributed by atoms with van der Waals surface area (Å²) in [5.74, 6) is 0. The smallest absolute Gasteiger partial charge is 0.168 e. The van der Waals surface area contributed by atoms with Crippen molar-refractivity contribution in [3.63, 3.8) is 0 Å². The SMILES string of the molecule is C=CC1=C(c2cc(C)cc3ccoc23)N2CCN=C2S1. The number of amidine groups is 1. The average molecular weight is 282 g/mol. The molecule has 20 heavy (non-hydrogen) atoms. The van der Waals surface area contributed by atoms with Crippen LogP contribution in [0.1, 0.15) is 11.1 Å². The number of aliphatic imine (C=N–C) groups is 1. The van der Waals surface area contributed by atoms with E-state index in [4.69, 9.17) is 4.42 Å². The number of furan rings is 1. The highest BCUT2D eigenvalue weighted by Crippen LogP contribution is 2.44. The third-order valence-electron chi connectivity index (χ3n) is 3.64. The maximum Gasteiger partial charge on any atom is 0.168 e. The number of allylic oxidation sites excluding steroid dienone is 1. The maximum absolute atomic E-state index is 5.71. The van der Waals surface area contributed by atoms with Crippen molar-refractivity contribution in [2.24, 2.45) is 4.99 Å². The number of hydrogen-bond acceptors (Lipinski definition) is 4. The van der Waals surface area contributed by atoms with Crippen molar-refractivity contribution in [1.29, 1.82) is 0 Å². The fourth-order valence-electron chi connectivity index (χ4n) is 2.83. The Balaban J connectivity index is 2.00. The van der Waals surface area contributed by atoms with E-state index in [1.807, 2.05) is 12.1 Å². The first kappa shape index (κ1) is 11.9. The summed E-state index contributed by atoms with van der Waals surface area (Å²) in [7, 11) is 0. The highest BCUT2D eigenvalue weighted by atomic mass is 32.2. The lowest BCUT2D eigenvalue weighted by atomic mass is 10.0.